The Balaban J connectivity index is 1.78. The van der Waals surface area contributed by atoms with Crippen molar-refractivity contribution in [3.63, 3.8) is 0 Å². The third-order valence-electron chi connectivity index (χ3n) is 3.83. The highest BCUT2D eigenvalue weighted by Crippen LogP contribution is 2.21. The van der Waals surface area contributed by atoms with E-state index < -0.39 is 0 Å². The van der Waals surface area contributed by atoms with E-state index in [2.05, 4.69) is 15.3 Å². The first kappa shape index (κ1) is 16.6. The fourth-order valence-corrected chi connectivity index (χ4v) is 3.10. The number of aromatic amines is 1. The second-order valence-corrected chi connectivity index (χ2v) is 6.48. The molecule has 126 valence electrons. The van der Waals surface area contributed by atoms with Crippen LogP contribution >= 0.6 is 11.8 Å². The van der Waals surface area contributed by atoms with E-state index in [1.165, 1.54) is 0 Å². The van der Waals surface area contributed by atoms with E-state index in [1.807, 2.05) is 53.5 Å². The molecule has 3 N–H and O–H groups in total. The van der Waals surface area contributed by atoms with Crippen LogP contribution in [0.25, 0.3) is 11.0 Å². The third-order valence-corrected chi connectivity index (χ3v) is 4.48. The van der Waals surface area contributed by atoms with Crippen molar-refractivity contribution in [3.8, 4) is 0 Å². The van der Waals surface area contributed by atoms with Crippen LogP contribution in [0.5, 0.6) is 0 Å². The van der Waals surface area contributed by atoms with Crippen molar-refractivity contribution < 1.29 is 9.90 Å². The molecule has 2 heterocycles. The fourth-order valence-electron chi connectivity index (χ4n) is 2.64. The van der Waals surface area contributed by atoms with Gasteiger partial charge in [-0.05, 0) is 48.8 Å². The first-order valence-electron chi connectivity index (χ1n) is 7.73. The highest BCUT2D eigenvalue weighted by Gasteiger charge is 2.19. The van der Waals surface area contributed by atoms with Gasteiger partial charge in [0.05, 0.1) is 11.0 Å². The molecule has 1 amide bonds. The number of aliphatic hydroxyl groups is 1. The van der Waals surface area contributed by atoms with Gasteiger partial charge in [0.25, 0.3) is 0 Å². The predicted octanol–water partition coefficient (Wildman–Crippen LogP) is 2.79. The van der Waals surface area contributed by atoms with Gasteiger partial charge < -0.3 is 20.0 Å². The van der Waals surface area contributed by atoms with Gasteiger partial charge in [0, 0.05) is 18.1 Å². The van der Waals surface area contributed by atoms with Gasteiger partial charge in [-0.15, -0.1) is 0 Å². The Hall–Kier alpha value is -2.25. The zero-order chi connectivity index (χ0) is 16.9. The number of carbonyl (C=O) groups excluding carboxylic acids is 1. The van der Waals surface area contributed by atoms with Gasteiger partial charge in [0.15, 0.2) is 0 Å². The molecular formula is C17H20N4O2S. The zero-order valence-corrected chi connectivity index (χ0v) is 14.2. The minimum Gasteiger partial charge on any atom is -0.388 e. The van der Waals surface area contributed by atoms with Crippen LogP contribution in [0.2, 0.25) is 0 Å². The number of nitrogens with one attached hydrogen (secondary N) is 2. The Morgan fingerprint density at radius 3 is 2.92 bits per heavy atom. The number of carbonyl (C=O) groups is 1. The number of fused-ring (bicyclic) bond motifs is 1. The Bertz CT molecular complexity index is 813. The zero-order valence-electron chi connectivity index (χ0n) is 13.4. The molecule has 24 heavy (non-hydrogen) atoms. The van der Waals surface area contributed by atoms with Crippen LogP contribution in [0, 0.1) is 0 Å². The monoisotopic (exact) mass is 344 g/mol. The quantitative estimate of drug-likeness (QED) is 0.615. The molecule has 3 aromatic rings. The van der Waals surface area contributed by atoms with Gasteiger partial charge in [0.2, 0.25) is 5.91 Å². The maximum Gasteiger partial charge on any atom is 0.247 e. The van der Waals surface area contributed by atoms with E-state index in [4.69, 9.17) is 5.11 Å². The predicted molar refractivity (Wildman–Crippen MR) is 97.1 cm³/mol. The normalized spacial score (nSPS) is 12.4. The Labute approximate surface area is 144 Å². The van der Waals surface area contributed by atoms with E-state index in [0.29, 0.717) is 11.5 Å². The van der Waals surface area contributed by atoms with Crippen molar-refractivity contribution in [1.82, 2.24) is 14.5 Å². The Morgan fingerprint density at radius 2 is 2.21 bits per heavy atom. The summed E-state index contributed by atoms with van der Waals surface area (Å²) < 4.78 is 1.93. The van der Waals surface area contributed by atoms with Crippen LogP contribution in [0.3, 0.4) is 0 Å². The van der Waals surface area contributed by atoms with Crippen molar-refractivity contribution >= 4 is 34.4 Å². The number of hydrogen-bond donors (Lipinski definition) is 3. The summed E-state index contributed by atoms with van der Waals surface area (Å²) in [7, 11) is 0. The molecule has 0 fully saturated rings. The van der Waals surface area contributed by atoms with Crippen molar-refractivity contribution in [1.29, 1.82) is 0 Å². The molecule has 3 rings (SSSR count). The summed E-state index contributed by atoms with van der Waals surface area (Å²) in [4.78, 5) is 20.0. The minimum atomic E-state index is -0.238. The lowest BCUT2D eigenvalue weighted by molar-refractivity contribution is -0.119. The number of hydrogen-bond acceptors (Lipinski definition) is 4. The summed E-state index contributed by atoms with van der Waals surface area (Å²) in [5.41, 5.74) is 2.27. The molecule has 0 aliphatic carbocycles. The highest BCUT2D eigenvalue weighted by molar-refractivity contribution is 7.98. The fraction of sp³-hybridized carbons (Fsp3) is 0.294. The summed E-state index contributed by atoms with van der Waals surface area (Å²) in [6.45, 7) is -0.138. The van der Waals surface area contributed by atoms with Crippen LogP contribution in [-0.4, -0.2) is 37.6 Å². The van der Waals surface area contributed by atoms with Crippen LogP contribution in [0.1, 0.15) is 18.3 Å². The molecule has 0 saturated heterocycles. The molecule has 6 nitrogen and oxygen atoms in total. The molecule has 0 radical (unpaired) electrons. The lowest BCUT2D eigenvalue weighted by Gasteiger charge is -2.18. The molecule has 0 aliphatic heterocycles. The molecule has 2 aromatic heterocycles. The average molecular weight is 344 g/mol. The van der Waals surface area contributed by atoms with Gasteiger partial charge in [0.1, 0.15) is 18.5 Å². The molecule has 1 aromatic carbocycles. The van der Waals surface area contributed by atoms with Crippen LogP contribution in [0.15, 0.2) is 42.7 Å². The topological polar surface area (TPSA) is 82.9 Å². The molecule has 0 bridgehead atoms. The number of amides is 1. The first-order chi connectivity index (χ1) is 11.7. The van der Waals surface area contributed by atoms with Gasteiger partial charge in [-0.3, -0.25) is 4.79 Å². The van der Waals surface area contributed by atoms with E-state index >= 15 is 0 Å². The number of anilines is 1. The third kappa shape index (κ3) is 3.63. The second-order valence-electron chi connectivity index (χ2n) is 5.49. The summed E-state index contributed by atoms with van der Waals surface area (Å²) in [6, 6.07) is 9.09. The summed E-state index contributed by atoms with van der Waals surface area (Å²) >= 11 is 1.73. The lowest BCUT2D eigenvalue weighted by atomic mass is 10.2. The average Bonchev–Trinajstić information content (AvgIpc) is 3.24. The standard InChI is InChI=1S/C17H20N4O2S/c1-24-9-6-15(21-7-2-3-8-21)17(23)18-12-4-5-13-14(10-12)20-16(11-22)19-13/h2-5,7-8,10,15,22H,6,9,11H2,1H3,(H,18,23)(H,19,20). The van der Waals surface area contributed by atoms with Crippen molar-refractivity contribution in [2.45, 2.75) is 19.1 Å². The van der Waals surface area contributed by atoms with Gasteiger partial charge >= 0.3 is 0 Å². The molecule has 1 unspecified atom stereocenters. The summed E-state index contributed by atoms with van der Waals surface area (Å²) in [5.74, 6) is 1.38. The number of benzene rings is 1. The molecule has 0 aliphatic rings. The smallest absolute Gasteiger partial charge is 0.247 e. The highest BCUT2D eigenvalue weighted by atomic mass is 32.2. The van der Waals surface area contributed by atoms with Crippen molar-refractivity contribution in [2.24, 2.45) is 0 Å². The van der Waals surface area contributed by atoms with Gasteiger partial charge in [-0.2, -0.15) is 11.8 Å². The van der Waals surface area contributed by atoms with Gasteiger partial charge in [-0.1, -0.05) is 0 Å². The van der Waals surface area contributed by atoms with Crippen LogP contribution in [0.4, 0.5) is 5.69 Å². The van der Waals surface area contributed by atoms with E-state index in [9.17, 15) is 4.79 Å². The maximum absolute atomic E-state index is 12.7. The number of aromatic nitrogens is 3. The summed E-state index contributed by atoms with van der Waals surface area (Å²) in [5, 5.41) is 12.1. The molecule has 7 heteroatoms. The molecule has 1 atom stereocenters. The molecule has 0 saturated carbocycles. The van der Waals surface area contributed by atoms with Crippen molar-refractivity contribution in [3.05, 3.63) is 48.5 Å². The van der Waals surface area contributed by atoms with Crippen LogP contribution < -0.4 is 5.32 Å². The number of rotatable bonds is 7. The number of imidazole rings is 1. The van der Waals surface area contributed by atoms with Crippen LogP contribution in [-0.2, 0) is 11.4 Å². The van der Waals surface area contributed by atoms with E-state index in [-0.39, 0.29) is 18.6 Å². The molecule has 0 spiro atoms. The Kier molecular flexibility index (Phi) is 5.22. The first-order valence-corrected chi connectivity index (χ1v) is 9.12. The second kappa shape index (κ2) is 7.55. The largest absolute Gasteiger partial charge is 0.388 e. The number of nitrogens with zero attached hydrogens (tertiary/aromatic N) is 2. The Morgan fingerprint density at radius 1 is 1.42 bits per heavy atom. The molecular weight excluding hydrogens is 324 g/mol. The van der Waals surface area contributed by atoms with Crippen molar-refractivity contribution in [2.75, 3.05) is 17.3 Å². The van der Waals surface area contributed by atoms with E-state index in [1.54, 1.807) is 11.8 Å². The van der Waals surface area contributed by atoms with E-state index in [0.717, 1.165) is 23.2 Å². The minimum absolute atomic E-state index is 0.0403. The van der Waals surface area contributed by atoms with Gasteiger partial charge in [-0.25, -0.2) is 4.98 Å². The number of H-pyrrole nitrogens is 1. The summed E-state index contributed by atoms with van der Waals surface area (Å²) in [6.07, 6.45) is 6.63. The number of aliphatic hydroxyl groups excluding tert-OH is 1. The lowest BCUT2D eigenvalue weighted by Crippen LogP contribution is -2.25. The maximum atomic E-state index is 12.7. The SMILES string of the molecule is CSCCC(C(=O)Nc1ccc2nc(CO)[nH]c2c1)n1cccc1. The number of thioether (sulfide) groups is 1.